The number of benzene rings is 1. The van der Waals surface area contributed by atoms with E-state index in [1.165, 1.54) is 56.9 Å². The van der Waals surface area contributed by atoms with Gasteiger partial charge in [0.2, 0.25) is 0 Å². The standard InChI is InChI=1S/C21H34N2/c1-2-21(23)19-9-7-17(8-10-19)15-3-5-16(6-4-15)18-11-13-20(22)14-12-18/h11-17,19,21H,2-10,22-23H2,1H3. The molecule has 0 aliphatic heterocycles. The number of hydrogen-bond donors (Lipinski definition) is 2. The van der Waals surface area contributed by atoms with Gasteiger partial charge in [-0.15, -0.1) is 0 Å². The minimum absolute atomic E-state index is 0.442. The zero-order chi connectivity index (χ0) is 16.2. The van der Waals surface area contributed by atoms with E-state index in [2.05, 4.69) is 31.2 Å². The van der Waals surface area contributed by atoms with Crippen LogP contribution in [0.25, 0.3) is 0 Å². The molecule has 2 fully saturated rings. The van der Waals surface area contributed by atoms with Crippen molar-refractivity contribution in [3.63, 3.8) is 0 Å². The molecule has 1 atom stereocenters. The van der Waals surface area contributed by atoms with Crippen LogP contribution in [0.4, 0.5) is 5.69 Å². The molecule has 0 saturated heterocycles. The number of nitrogen functional groups attached to an aromatic ring is 1. The monoisotopic (exact) mass is 314 g/mol. The van der Waals surface area contributed by atoms with Gasteiger partial charge in [-0.1, -0.05) is 19.1 Å². The van der Waals surface area contributed by atoms with E-state index in [1.54, 1.807) is 0 Å². The number of anilines is 1. The normalized spacial score (nSPS) is 33.3. The van der Waals surface area contributed by atoms with Crippen LogP contribution in [0.5, 0.6) is 0 Å². The summed E-state index contributed by atoms with van der Waals surface area (Å²) in [7, 11) is 0. The number of hydrogen-bond acceptors (Lipinski definition) is 2. The van der Waals surface area contributed by atoms with Gasteiger partial charge in [-0.2, -0.15) is 0 Å². The molecule has 1 aromatic rings. The van der Waals surface area contributed by atoms with Crippen molar-refractivity contribution in [3.8, 4) is 0 Å². The predicted molar refractivity (Wildman–Crippen MR) is 99.3 cm³/mol. The lowest BCUT2D eigenvalue weighted by atomic mass is 9.67. The highest BCUT2D eigenvalue weighted by molar-refractivity contribution is 5.40. The summed E-state index contributed by atoms with van der Waals surface area (Å²) in [6.45, 7) is 2.23. The van der Waals surface area contributed by atoms with Crippen molar-refractivity contribution in [3.05, 3.63) is 29.8 Å². The van der Waals surface area contributed by atoms with Gasteiger partial charge in [0.15, 0.2) is 0 Å². The molecule has 2 heteroatoms. The van der Waals surface area contributed by atoms with E-state index < -0.39 is 0 Å². The lowest BCUT2D eigenvalue weighted by Crippen LogP contribution is -2.34. The summed E-state index contributed by atoms with van der Waals surface area (Å²) in [5.74, 6) is 3.50. The van der Waals surface area contributed by atoms with E-state index in [-0.39, 0.29) is 0 Å². The Morgan fingerprint density at radius 2 is 1.39 bits per heavy atom. The van der Waals surface area contributed by atoms with E-state index in [0.717, 1.165) is 35.8 Å². The molecule has 0 bridgehead atoms. The molecule has 2 saturated carbocycles. The summed E-state index contributed by atoms with van der Waals surface area (Å²) in [6, 6.07) is 9.02. The molecule has 128 valence electrons. The molecular weight excluding hydrogens is 280 g/mol. The van der Waals surface area contributed by atoms with Gasteiger partial charge in [-0.3, -0.25) is 0 Å². The zero-order valence-electron chi connectivity index (χ0n) is 14.7. The lowest BCUT2D eigenvalue weighted by molar-refractivity contribution is 0.149. The summed E-state index contributed by atoms with van der Waals surface area (Å²) in [5.41, 5.74) is 14.4. The minimum atomic E-state index is 0.442. The van der Waals surface area contributed by atoms with Gasteiger partial charge in [0.1, 0.15) is 0 Å². The van der Waals surface area contributed by atoms with E-state index in [9.17, 15) is 0 Å². The first kappa shape index (κ1) is 16.8. The summed E-state index contributed by atoms with van der Waals surface area (Å²) in [5, 5.41) is 0. The maximum Gasteiger partial charge on any atom is 0.0314 e. The third-order valence-electron chi connectivity index (χ3n) is 6.74. The quantitative estimate of drug-likeness (QED) is 0.761. The first-order valence-electron chi connectivity index (χ1n) is 9.78. The van der Waals surface area contributed by atoms with E-state index >= 15 is 0 Å². The third kappa shape index (κ3) is 4.09. The first-order chi connectivity index (χ1) is 11.2. The van der Waals surface area contributed by atoms with Crippen molar-refractivity contribution in [2.24, 2.45) is 23.5 Å². The Morgan fingerprint density at radius 1 is 0.870 bits per heavy atom. The van der Waals surface area contributed by atoms with E-state index in [4.69, 9.17) is 11.5 Å². The molecule has 4 N–H and O–H groups in total. The maximum atomic E-state index is 6.26. The topological polar surface area (TPSA) is 52.0 Å². The molecule has 0 radical (unpaired) electrons. The summed E-state index contributed by atoms with van der Waals surface area (Å²) in [6.07, 6.45) is 12.3. The Hall–Kier alpha value is -1.02. The fraction of sp³-hybridized carbons (Fsp3) is 0.714. The lowest BCUT2D eigenvalue weighted by Gasteiger charge is -2.39. The second kappa shape index (κ2) is 7.70. The van der Waals surface area contributed by atoms with E-state index in [1.807, 2.05) is 0 Å². The highest BCUT2D eigenvalue weighted by Gasteiger charge is 2.32. The Bertz CT molecular complexity index is 465. The molecule has 1 aromatic carbocycles. The number of rotatable bonds is 4. The third-order valence-corrected chi connectivity index (χ3v) is 6.74. The average Bonchev–Trinajstić information content (AvgIpc) is 2.62. The van der Waals surface area contributed by atoms with Gasteiger partial charge in [0.05, 0.1) is 0 Å². The second-order valence-electron chi connectivity index (χ2n) is 8.03. The highest BCUT2D eigenvalue weighted by Crippen LogP contribution is 2.44. The molecule has 23 heavy (non-hydrogen) atoms. The van der Waals surface area contributed by atoms with Crippen molar-refractivity contribution >= 4 is 5.69 Å². The van der Waals surface area contributed by atoms with Crippen molar-refractivity contribution in [2.75, 3.05) is 5.73 Å². The fourth-order valence-corrected chi connectivity index (χ4v) is 5.07. The van der Waals surface area contributed by atoms with Gasteiger partial charge >= 0.3 is 0 Å². The summed E-state index contributed by atoms with van der Waals surface area (Å²) >= 11 is 0. The van der Waals surface area contributed by atoms with Gasteiger partial charge in [-0.05, 0) is 99.2 Å². The van der Waals surface area contributed by atoms with Crippen LogP contribution in [-0.2, 0) is 0 Å². The largest absolute Gasteiger partial charge is 0.399 e. The molecule has 2 nitrogen and oxygen atoms in total. The zero-order valence-corrected chi connectivity index (χ0v) is 14.7. The van der Waals surface area contributed by atoms with Crippen molar-refractivity contribution in [2.45, 2.75) is 76.7 Å². The Morgan fingerprint density at radius 3 is 1.91 bits per heavy atom. The molecule has 0 heterocycles. The molecule has 2 aliphatic rings. The Labute approximate surface area is 142 Å². The fourth-order valence-electron chi connectivity index (χ4n) is 5.07. The van der Waals surface area contributed by atoms with Crippen molar-refractivity contribution in [1.82, 2.24) is 0 Å². The molecule has 2 aliphatic carbocycles. The maximum absolute atomic E-state index is 6.26. The first-order valence-corrected chi connectivity index (χ1v) is 9.78. The molecule has 0 amide bonds. The second-order valence-corrected chi connectivity index (χ2v) is 8.03. The van der Waals surface area contributed by atoms with Crippen LogP contribution in [0, 0.1) is 17.8 Å². The Kier molecular flexibility index (Phi) is 5.63. The van der Waals surface area contributed by atoms with Crippen LogP contribution in [-0.4, -0.2) is 6.04 Å². The van der Waals surface area contributed by atoms with Crippen LogP contribution in [0.1, 0.15) is 76.2 Å². The predicted octanol–water partition coefficient (Wildman–Crippen LogP) is 5.09. The summed E-state index contributed by atoms with van der Waals surface area (Å²) in [4.78, 5) is 0. The Balaban J connectivity index is 1.47. The van der Waals surface area contributed by atoms with Crippen LogP contribution < -0.4 is 11.5 Å². The van der Waals surface area contributed by atoms with Crippen molar-refractivity contribution < 1.29 is 0 Å². The van der Waals surface area contributed by atoms with Crippen LogP contribution in [0.2, 0.25) is 0 Å². The molecular formula is C21H34N2. The smallest absolute Gasteiger partial charge is 0.0314 e. The average molecular weight is 315 g/mol. The van der Waals surface area contributed by atoms with Crippen LogP contribution in [0.15, 0.2) is 24.3 Å². The van der Waals surface area contributed by atoms with Crippen LogP contribution in [0.3, 0.4) is 0 Å². The molecule has 3 rings (SSSR count). The minimum Gasteiger partial charge on any atom is -0.399 e. The van der Waals surface area contributed by atoms with Crippen LogP contribution >= 0.6 is 0 Å². The van der Waals surface area contributed by atoms with Gasteiger partial charge in [-0.25, -0.2) is 0 Å². The van der Waals surface area contributed by atoms with Gasteiger partial charge in [0.25, 0.3) is 0 Å². The summed E-state index contributed by atoms with van der Waals surface area (Å²) < 4.78 is 0. The molecule has 1 unspecified atom stereocenters. The highest BCUT2D eigenvalue weighted by atomic mass is 14.6. The van der Waals surface area contributed by atoms with Crippen molar-refractivity contribution in [1.29, 1.82) is 0 Å². The number of nitrogens with two attached hydrogens (primary N) is 2. The van der Waals surface area contributed by atoms with E-state index in [0.29, 0.717) is 6.04 Å². The van der Waals surface area contributed by atoms with Gasteiger partial charge in [0, 0.05) is 11.7 Å². The molecule has 0 aromatic heterocycles. The van der Waals surface area contributed by atoms with Gasteiger partial charge < -0.3 is 11.5 Å². The SMILES string of the molecule is CCC(N)C1CCC(C2CCC(c3ccc(N)cc3)CC2)CC1. The molecule has 0 spiro atoms.